The Hall–Kier alpha value is -2.61. The van der Waals surface area contributed by atoms with Gasteiger partial charge in [-0.05, 0) is 30.7 Å². The summed E-state index contributed by atoms with van der Waals surface area (Å²) in [5.41, 5.74) is 8.42. The van der Waals surface area contributed by atoms with Gasteiger partial charge in [0.2, 0.25) is 0 Å². The molecule has 1 heterocycles. The van der Waals surface area contributed by atoms with Crippen molar-refractivity contribution in [3.8, 4) is 6.07 Å². The molecule has 5 nitrogen and oxygen atoms in total. The fraction of sp³-hybridized carbons (Fsp3) is 0.214. The maximum Gasteiger partial charge on any atom is 0.275 e. The van der Waals surface area contributed by atoms with E-state index in [-0.39, 0.29) is 12.3 Å². The molecule has 1 aromatic carbocycles. The molecule has 0 saturated heterocycles. The van der Waals surface area contributed by atoms with E-state index in [2.05, 4.69) is 5.10 Å². The SMILES string of the molecule is CC1=NN(CCC#N)C(=O)/C1=C/c1ccc(N)cc1. The molecule has 2 N–H and O–H groups in total. The first-order valence-corrected chi connectivity index (χ1v) is 5.93. The van der Waals surface area contributed by atoms with Crippen LogP contribution in [0.2, 0.25) is 0 Å². The summed E-state index contributed by atoms with van der Waals surface area (Å²) in [7, 11) is 0. The molecule has 0 fully saturated rings. The summed E-state index contributed by atoms with van der Waals surface area (Å²) >= 11 is 0. The Morgan fingerprint density at radius 3 is 2.74 bits per heavy atom. The van der Waals surface area contributed by atoms with Gasteiger partial charge in [0.25, 0.3) is 5.91 Å². The van der Waals surface area contributed by atoms with Crippen LogP contribution < -0.4 is 5.73 Å². The molecule has 1 aliphatic rings. The lowest BCUT2D eigenvalue weighted by Gasteiger charge is -2.08. The van der Waals surface area contributed by atoms with Crippen molar-refractivity contribution in [2.75, 3.05) is 12.3 Å². The van der Waals surface area contributed by atoms with Gasteiger partial charge in [0.1, 0.15) is 0 Å². The molecule has 0 atom stereocenters. The first-order valence-electron chi connectivity index (χ1n) is 5.93. The Balaban J connectivity index is 2.22. The van der Waals surface area contributed by atoms with Gasteiger partial charge in [-0.25, -0.2) is 5.01 Å². The Morgan fingerprint density at radius 2 is 2.11 bits per heavy atom. The summed E-state index contributed by atoms with van der Waals surface area (Å²) in [6, 6.07) is 9.27. The number of hydrogen-bond acceptors (Lipinski definition) is 4. The van der Waals surface area contributed by atoms with Crippen molar-refractivity contribution in [1.29, 1.82) is 5.26 Å². The number of nitrogens with two attached hydrogens (primary N) is 1. The summed E-state index contributed by atoms with van der Waals surface area (Å²) in [4.78, 5) is 12.1. The van der Waals surface area contributed by atoms with Crippen LogP contribution in [0.3, 0.4) is 0 Å². The van der Waals surface area contributed by atoms with E-state index in [0.29, 0.717) is 23.5 Å². The van der Waals surface area contributed by atoms with E-state index in [4.69, 9.17) is 11.0 Å². The zero-order valence-corrected chi connectivity index (χ0v) is 10.6. The van der Waals surface area contributed by atoms with Crippen molar-refractivity contribution in [3.63, 3.8) is 0 Å². The van der Waals surface area contributed by atoms with Gasteiger partial charge in [0.15, 0.2) is 0 Å². The van der Waals surface area contributed by atoms with E-state index in [0.717, 1.165) is 5.56 Å². The number of nitriles is 1. The summed E-state index contributed by atoms with van der Waals surface area (Å²) in [5, 5.41) is 14.0. The maximum atomic E-state index is 12.1. The van der Waals surface area contributed by atoms with Crippen molar-refractivity contribution in [2.45, 2.75) is 13.3 Å². The quantitative estimate of drug-likeness (QED) is 0.659. The summed E-state index contributed by atoms with van der Waals surface area (Å²) in [6.07, 6.45) is 2.06. The first-order chi connectivity index (χ1) is 9.11. The monoisotopic (exact) mass is 254 g/mol. The molecule has 1 amide bonds. The zero-order valence-electron chi connectivity index (χ0n) is 10.6. The van der Waals surface area contributed by atoms with Crippen LogP contribution in [0.25, 0.3) is 6.08 Å². The molecule has 0 aliphatic carbocycles. The molecule has 5 heteroatoms. The predicted octanol–water partition coefficient (Wildman–Crippen LogP) is 1.78. The van der Waals surface area contributed by atoms with Gasteiger partial charge < -0.3 is 5.73 Å². The van der Waals surface area contributed by atoms with E-state index in [1.807, 2.05) is 18.2 Å². The molecule has 0 spiro atoms. The minimum absolute atomic E-state index is 0.162. The van der Waals surface area contributed by atoms with E-state index in [1.165, 1.54) is 5.01 Å². The second-order valence-electron chi connectivity index (χ2n) is 4.25. The number of hydrogen-bond donors (Lipinski definition) is 1. The van der Waals surface area contributed by atoms with Gasteiger partial charge in [0, 0.05) is 5.69 Å². The van der Waals surface area contributed by atoms with Crippen molar-refractivity contribution in [2.24, 2.45) is 5.10 Å². The Morgan fingerprint density at radius 1 is 1.42 bits per heavy atom. The molecular formula is C14H14N4O. The highest BCUT2D eigenvalue weighted by Gasteiger charge is 2.26. The standard InChI is InChI=1S/C14H14N4O/c1-10-13(9-11-3-5-12(16)6-4-11)14(19)18(17-10)8-2-7-15/h3-6,9H,2,8,16H2,1H3/b13-9+. The smallest absolute Gasteiger partial charge is 0.275 e. The molecular weight excluding hydrogens is 240 g/mol. The highest BCUT2D eigenvalue weighted by atomic mass is 16.2. The molecule has 2 rings (SSSR count). The molecule has 96 valence electrons. The van der Waals surface area contributed by atoms with Crippen molar-refractivity contribution in [1.82, 2.24) is 5.01 Å². The number of nitrogens with zero attached hydrogens (tertiary/aromatic N) is 3. The molecule has 0 bridgehead atoms. The highest BCUT2D eigenvalue weighted by Crippen LogP contribution is 2.19. The number of anilines is 1. The summed E-state index contributed by atoms with van der Waals surface area (Å²) in [5.74, 6) is -0.162. The van der Waals surface area contributed by atoms with Gasteiger partial charge in [0.05, 0.1) is 30.3 Å². The number of carbonyl (C=O) groups excluding carboxylic acids is 1. The Bertz CT molecular complexity index is 593. The second-order valence-corrected chi connectivity index (χ2v) is 4.25. The molecule has 1 aromatic rings. The molecule has 0 aromatic heterocycles. The largest absolute Gasteiger partial charge is 0.399 e. The fourth-order valence-corrected chi connectivity index (χ4v) is 1.81. The van der Waals surface area contributed by atoms with Crippen molar-refractivity contribution >= 4 is 23.4 Å². The van der Waals surface area contributed by atoms with E-state index in [1.54, 1.807) is 25.1 Å². The Kier molecular flexibility index (Phi) is 3.62. The summed E-state index contributed by atoms with van der Waals surface area (Å²) in [6.45, 7) is 2.11. The summed E-state index contributed by atoms with van der Waals surface area (Å²) < 4.78 is 0. The highest BCUT2D eigenvalue weighted by molar-refractivity contribution is 6.26. The lowest BCUT2D eigenvalue weighted by atomic mass is 10.1. The number of nitrogen functional groups attached to an aromatic ring is 1. The molecule has 0 unspecified atom stereocenters. The van der Waals surface area contributed by atoms with Gasteiger partial charge >= 0.3 is 0 Å². The molecule has 19 heavy (non-hydrogen) atoms. The van der Waals surface area contributed by atoms with Crippen LogP contribution in [0, 0.1) is 11.3 Å². The molecule has 0 radical (unpaired) electrons. The van der Waals surface area contributed by atoms with Crippen LogP contribution in [0.1, 0.15) is 18.9 Å². The minimum atomic E-state index is -0.162. The lowest BCUT2D eigenvalue weighted by molar-refractivity contribution is -0.125. The lowest BCUT2D eigenvalue weighted by Crippen LogP contribution is -2.22. The van der Waals surface area contributed by atoms with Crippen molar-refractivity contribution in [3.05, 3.63) is 35.4 Å². The third kappa shape index (κ3) is 2.80. The van der Waals surface area contributed by atoms with Crippen LogP contribution in [-0.2, 0) is 4.79 Å². The van der Waals surface area contributed by atoms with Gasteiger partial charge in [-0.1, -0.05) is 12.1 Å². The average molecular weight is 254 g/mol. The van der Waals surface area contributed by atoms with Crippen LogP contribution >= 0.6 is 0 Å². The molecule has 0 saturated carbocycles. The fourth-order valence-electron chi connectivity index (χ4n) is 1.81. The topological polar surface area (TPSA) is 82.5 Å². The molecule has 1 aliphatic heterocycles. The number of rotatable bonds is 3. The second kappa shape index (κ2) is 5.36. The van der Waals surface area contributed by atoms with Gasteiger partial charge in [-0.3, -0.25) is 4.79 Å². The number of hydrazone groups is 1. The van der Waals surface area contributed by atoms with Crippen LogP contribution in [0.4, 0.5) is 5.69 Å². The van der Waals surface area contributed by atoms with Crippen LogP contribution in [0.15, 0.2) is 34.9 Å². The van der Waals surface area contributed by atoms with Crippen molar-refractivity contribution < 1.29 is 4.79 Å². The minimum Gasteiger partial charge on any atom is -0.399 e. The van der Waals surface area contributed by atoms with E-state index >= 15 is 0 Å². The predicted molar refractivity (Wildman–Crippen MR) is 73.9 cm³/mol. The normalized spacial score (nSPS) is 16.6. The zero-order chi connectivity index (χ0) is 13.8. The van der Waals surface area contributed by atoms with E-state index in [9.17, 15) is 4.79 Å². The first kappa shape index (κ1) is 12.8. The van der Waals surface area contributed by atoms with Crippen LogP contribution in [-0.4, -0.2) is 23.2 Å². The third-order valence-electron chi connectivity index (χ3n) is 2.81. The van der Waals surface area contributed by atoms with Gasteiger partial charge in [-0.15, -0.1) is 0 Å². The number of carbonyl (C=O) groups is 1. The van der Waals surface area contributed by atoms with Crippen LogP contribution in [0.5, 0.6) is 0 Å². The Labute approximate surface area is 111 Å². The average Bonchev–Trinajstić information content (AvgIpc) is 2.66. The maximum absolute atomic E-state index is 12.1. The van der Waals surface area contributed by atoms with Gasteiger partial charge in [-0.2, -0.15) is 10.4 Å². The third-order valence-corrected chi connectivity index (χ3v) is 2.81. The van der Waals surface area contributed by atoms with E-state index < -0.39 is 0 Å². The number of benzene rings is 1. The number of amides is 1.